The Morgan fingerprint density at radius 2 is 2.09 bits per heavy atom. The van der Waals surface area contributed by atoms with Gasteiger partial charge in [0.15, 0.2) is 0 Å². The predicted molar refractivity (Wildman–Crippen MR) is 120 cm³/mol. The van der Waals surface area contributed by atoms with Gasteiger partial charge >= 0.3 is 0 Å². The topological polar surface area (TPSA) is 112 Å². The SMILES string of the molecule is Cc1cc(C(=O)N2C[C@@H]3NC(=O)c4cccc(c4)OCCCn4cc(nn4)CO[C@H]3C2)c(C)o1. The number of hydrogen-bond acceptors (Lipinski definition) is 7. The lowest BCUT2D eigenvalue weighted by Crippen LogP contribution is -2.44. The monoisotopic (exact) mass is 465 g/mol. The van der Waals surface area contributed by atoms with Crippen LogP contribution in [0.5, 0.6) is 5.75 Å². The van der Waals surface area contributed by atoms with Gasteiger partial charge in [0, 0.05) is 31.6 Å². The smallest absolute Gasteiger partial charge is 0.257 e. The highest BCUT2D eigenvalue weighted by Crippen LogP contribution is 2.22. The van der Waals surface area contributed by atoms with Crippen molar-refractivity contribution in [2.75, 3.05) is 19.7 Å². The number of fused-ring (bicyclic) bond motifs is 5. The van der Waals surface area contributed by atoms with Gasteiger partial charge in [-0.05, 0) is 38.1 Å². The number of ether oxygens (including phenoxy) is 2. The molecule has 1 saturated heterocycles. The molecule has 0 spiro atoms. The van der Waals surface area contributed by atoms with Crippen molar-refractivity contribution in [3.05, 3.63) is 64.9 Å². The lowest BCUT2D eigenvalue weighted by molar-refractivity contribution is 0.0291. The Balaban J connectivity index is 1.40. The Bertz CT molecular complexity index is 1200. The molecule has 1 aromatic carbocycles. The van der Waals surface area contributed by atoms with Crippen LogP contribution in [0.25, 0.3) is 0 Å². The Hall–Kier alpha value is -3.66. The summed E-state index contributed by atoms with van der Waals surface area (Å²) in [6.45, 7) is 5.62. The number of rotatable bonds is 1. The van der Waals surface area contributed by atoms with Crippen LogP contribution in [0.1, 0.15) is 44.4 Å². The maximum absolute atomic E-state index is 13.2. The van der Waals surface area contributed by atoms with E-state index >= 15 is 0 Å². The fourth-order valence-electron chi connectivity index (χ4n) is 4.36. The van der Waals surface area contributed by atoms with Crippen molar-refractivity contribution in [2.45, 2.75) is 45.6 Å². The van der Waals surface area contributed by atoms with E-state index in [9.17, 15) is 9.59 Å². The molecule has 2 aliphatic heterocycles. The molecule has 0 unspecified atom stereocenters. The molecular weight excluding hydrogens is 438 g/mol. The molecule has 178 valence electrons. The Morgan fingerprint density at radius 3 is 2.91 bits per heavy atom. The first-order valence-corrected chi connectivity index (χ1v) is 11.4. The predicted octanol–water partition coefficient (Wildman–Crippen LogP) is 2.11. The first-order chi connectivity index (χ1) is 16.5. The van der Waals surface area contributed by atoms with Crippen LogP contribution in [0.4, 0.5) is 0 Å². The summed E-state index contributed by atoms with van der Waals surface area (Å²) in [5.41, 5.74) is 1.70. The summed E-state index contributed by atoms with van der Waals surface area (Å²) in [6.07, 6.45) is 2.18. The van der Waals surface area contributed by atoms with Gasteiger partial charge in [0.2, 0.25) is 0 Å². The number of hydrogen-bond donors (Lipinski definition) is 1. The van der Waals surface area contributed by atoms with Crippen molar-refractivity contribution in [1.29, 1.82) is 0 Å². The minimum Gasteiger partial charge on any atom is -0.494 e. The van der Waals surface area contributed by atoms with Gasteiger partial charge in [0.05, 0.1) is 37.1 Å². The van der Waals surface area contributed by atoms with Gasteiger partial charge in [-0.15, -0.1) is 5.10 Å². The van der Waals surface area contributed by atoms with Crippen LogP contribution < -0.4 is 10.1 Å². The van der Waals surface area contributed by atoms with Crippen LogP contribution in [0.15, 0.2) is 40.9 Å². The van der Waals surface area contributed by atoms with Gasteiger partial charge in [0.25, 0.3) is 11.8 Å². The van der Waals surface area contributed by atoms with E-state index in [0.29, 0.717) is 60.3 Å². The second kappa shape index (κ2) is 9.30. The molecule has 4 bridgehead atoms. The molecule has 1 N–H and O–H groups in total. The van der Waals surface area contributed by atoms with Crippen molar-refractivity contribution in [2.24, 2.45) is 0 Å². The zero-order chi connectivity index (χ0) is 23.7. The number of carbonyl (C=O) groups is 2. The largest absolute Gasteiger partial charge is 0.494 e. The van der Waals surface area contributed by atoms with E-state index in [0.717, 1.165) is 6.42 Å². The average Bonchev–Trinajstić information content (AvgIpc) is 3.53. The molecule has 2 aromatic heterocycles. The highest BCUT2D eigenvalue weighted by Gasteiger charge is 2.38. The molecule has 3 aromatic rings. The normalized spacial score (nSPS) is 21.0. The van der Waals surface area contributed by atoms with Crippen molar-refractivity contribution in [3.8, 4) is 5.75 Å². The van der Waals surface area contributed by atoms with Crippen LogP contribution in [0.3, 0.4) is 0 Å². The number of aromatic nitrogens is 3. The summed E-state index contributed by atoms with van der Waals surface area (Å²) in [5, 5.41) is 11.4. The van der Waals surface area contributed by atoms with E-state index in [1.165, 1.54) is 0 Å². The Kier molecular flexibility index (Phi) is 6.06. The first-order valence-electron chi connectivity index (χ1n) is 11.4. The maximum Gasteiger partial charge on any atom is 0.257 e. The number of nitrogens with zero attached hydrogens (tertiary/aromatic N) is 4. The highest BCUT2D eigenvalue weighted by molar-refractivity contribution is 5.96. The quantitative estimate of drug-likeness (QED) is 0.586. The van der Waals surface area contributed by atoms with Crippen molar-refractivity contribution >= 4 is 11.8 Å². The zero-order valence-electron chi connectivity index (χ0n) is 19.2. The third-order valence-electron chi connectivity index (χ3n) is 6.07. The molecule has 0 radical (unpaired) electrons. The molecule has 10 heteroatoms. The number of nitrogens with one attached hydrogen (secondary N) is 1. The van der Waals surface area contributed by atoms with Crippen LogP contribution in [-0.4, -0.2) is 63.6 Å². The number of aryl methyl sites for hydroxylation is 3. The Labute approximate surface area is 196 Å². The van der Waals surface area contributed by atoms with Gasteiger partial charge in [-0.25, -0.2) is 0 Å². The second-order valence-electron chi connectivity index (χ2n) is 8.67. The summed E-state index contributed by atoms with van der Waals surface area (Å²) in [6, 6.07) is 8.43. The second-order valence-corrected chi connectivity index (χ2v) is 8.67. The fraction of sp³-hybridized carbons (Fsp3) is 0.417. The summed E-state index contributed by atoms with van der Waals surface area (Å²) in [7, 11) is 0. The molecule has 10 nitrogen and oxygen atoms in total. The van der Waals surface area contributed by atoms with Crippen molar-refractivity contribution in [3.63, 3.8) is 0 Å². The van der Waals surface area contributed by atoms with E-state index in [1.54, 1.807) is 40.8 Å². The van der Waals surface area contributed by atoms with Gasteiger partial charge in [-0.2, -0.15) is 0 Å². The number of amides is 2. The first kappa shape index (κ1) is 22.1. The van der Waals surface area contributed by atoms with E-state index in [2.05, 4.69) is 15.6 Å². The number of benzene rings is 1. The zero-order valence-corrected chi connectivity index (χ0v) is 19.2. The minimum absolute atomic E-state index is 0.146. The average molecular weight is 466 g/mol. The molecule has 34 heavy (non-hydrogen) atoms. The van der Waals surface area contributed by atoms with Crippen LogP contribution >= 0.6 is 0 Å². The molecule has 0 saturated carbocycles. The van der Waals surface area contributed by atoms with Crippen LogP contribution in [-0.2, 0) is 17.9 Å². The van der Waals surface area contributed by atoms with E-state index < -0.39 is 12.1 Å². The molecule has 0 aliphatic carbocycles. The van der Waals surface area contributed by atoms with Gasteiger partial charge in [-0.3, -0.25) is 14.3 Å². The molecule has 5 rings (SSSR count). The number of likely N-dealkylation sites (tertiary alicyclic amines) is 1. The van der Waals surface area contributed by atoms with E-state index in [1.807, 2.05) is 19.2 Å². The summed E-state index contributed by atoms with van der Waals surface area (Å²) < 4.78 is 19.3. The number of furan rings is 1. The fourth-order valence-corrected chi connectivity index (χ4v) is 4.36. The molecular formula is C24H27N5O5. The molecule has 4 heterocycles. The maximum atomic E-state index is 13.2. The van der Waals surface area contributed by atoms with Gasteiger partial charge < -0.3 is 24.1 Å². The number of carbonyl (C=O) groups excluding carboxylic acids is 2. The molecule has 1 fully saturated rings. The standard InChI is InChI=1S/C24H27N5O5/c1-15-9-20(16(2)34-15)24(31)28-12-21-22(13-28)33-14-18-11-29(27-26-18)7-4-8-32-19-6-3-5-17(10-19)23(30)25-21/h3,5-6,9-11,21-22H,4,7-8,12-14H2,1-2H3,(H,25,30)/t21-,22-/m0/s1. The lowest BCUT2D eigenvalue weighted by Gasteiger charge is -2.20. The van der Waals surface area contributed by atoms with Crippen LogP contribution in [0, 0.1) is 13.8 Å². The molecule has 2 amide bonds. The van der Waals surface area contributed by atoms with Gasteiger partial charge in [-0.1, -0.05) is 11.3 Å². The van der Waals surface area contributed by atoms with Gasteiger partial charge in [0.1, 0.15) is 23.0 Å². The van der Waals surface area contributed by atoms with E-state index in [-0.39, 0.29) is 18.4 Å². The summed E-state index contributed by atoms with van der Waals surface area (Å²) >= 11 is 0. The summed E-state index contributed by atoms with van der Waals surface area (Å²) in [4.78, 5) is 27.9. The Morgan fingerprint density at radius 1 is 1.21 bits per heavy atom. The van der Waals surface area contributed by atoms with E-state index in [4.69, 9.17) is 13.9 Å². The third-order valence-corrected chi connectivity index (χ3v) is 6.07. The minimum atomic E-state index is -0.404. The lowest BCUT2D eigenvalue weighted by atomic mass is 10.1. The van der Waals surface area contributed by atoms with Crippen molar-refractivity contribution < 1.29 is 23.5 Å². The van der Waals surface area contributed by atoms with Crippen LogP contribution in [0.2, 0.25) is 0 Å². The molecule has 2 atom stereocenters. The summed E-state index contributed by atoms with van der Waals surface area (Å²) in [5.74, 6) is 1.49. The highest BCUT2D eigenvalue weighted by atomic mass is 16.5. The molecule has 2 aliphatic rings. The van der Waals surface area contributed by atoms with Crippen molar-refractivity contribution in [1.82, 2.24) is 25.2 Å². The third kappa shape index (κ3) is 4.67.